The van der Waals surface area contributed by atoms with Crippen molar-refractivity contribution >= 4 is 0 Å². The second kappa shape index (κ2) is 5.47. The zero-order chi connectivity index (χ0) is 14.0. The lowest BCUT2D eigenvalue weighted by Crippen LogP contribution is -1.96. The minimum absolute atomic E-state index is 0.313. The maximum atomic E-state index is 10.3. The largest absolute Gasteiger partial charge is 0.493 e. The monoisotopic (exact) mass is 258 g/mol. The number of rotatable bonds is 4. The predicted molar refractivity (Wildman–Crippen MR) is 78.3 cm³/mol. The third kappa shape index (κ3) is 2.80. The van der Waals surface area contributed by atoms with Crippen molar-refractivity contribution in [1.82, 2.24) is 9.78 Å². The summed E-state index contributed by atoms with van der Waals surface area (Å²) in [7, 11) is 0. The van der Waals surface area contributed by atoms with Crippen LogP contribution in [0, 0.1) is 12.8 Å². The first-order valence-electron chi connectivity index (χ1n) is 6.88. The van der Waals surface area contributed by atoms with E-state index in [2.05, 4.69) is 44.1 Å². The van der Waals surface area contributed by atoms with Gasteiger partial charge in [0, 0.05) is 17.7 Å². The molecule has 0 bridgehead atoms. The summed E-state index contributed by atoms with van der Waals surface area (Å²) >= 11 is 0. The molecule has 0 aliphatic rings. The Morgan fingerprint density at radius 1 is 1.32 bits per heavy atom. The van der Waals surface area contributed by atoms with E-state index in [9.17, 15) is 5.11 Å². The summed E-state index contributed by atoms with van der Waals surface area (Å²) in [5.74, 6) is 0.802. The van der Waals surface area contributed by atoms with Crippen LogP contribution in [0.15, 0.2) is 24.3 Å². The molecule has 2 aromatic rings. The number of nitrogens with zero attached hydrogens (tertiary/aromatic N) is 2. The van der Waals surface area contributed by atoms with Crippen molar-refractivity contribution in [2.75, 3.05) is 0 Å². The highest BCUT2D eigenvalue weighted by Gasteiger charge is 2.18. The van der Waals surface area contributed by atoms with Crippen molar-refractivity contribution < 1.29 is 5.11 Å². The van der Waals surface area contributed by atoms with Gasteiger partial charge in [-0.2, -0.15) is 5.10 Å². The Labute approximate surface area is 114 Å². The molecule has 2 rings (SSSR count). The number of hydrogen-bond donors (Lipinski definition) is 1. The van der Waals surface area contributed by atoms with Gasteiger partial charge in [0.1, 0.15) is 0 Å². The second-order valence-electron chi connectivity index (χ2n) is 5.43. The van der Waals surface area contributed by atoms with E-state index in [1.54, 1.807) is 4.68 Å². The van der Waals surface area contributed by atoms with Gasteiger partial charge in [0.05, 0.1) is 5.69 Å². The molecule has 0 aliphatic heterocycles. The first-order chi connectivity index (χ1) is 9.02. The van der Waals surface area contributed by atoms with E-state index >= 15 is 0 Å². The number of aromatic hydroxyl groups is 1. The summed E-state index contributed by atoms with van der Waals surface area (Å²) in [4.78, 5) is 0. The molecule has 102 valence electrons. The highest BCUT2D eigenvalue weighted by molar-refractivity contribution is 5.66. The lowest BCUT2D eigenvalue weighted by Gasteiger charge is -2.06. The van der Waals surface area contributed by atoms with Crippen LogP contribution >= 0.6 is 0 Å². The van der Waals surface area contributed by atoms with Crippen LogP contribution in [0.5, 0.6) is 5.88 Å². The molecule has 0 saturated carbocycles. The second-order valence-corrected chi connectivity index (χ2v) is 5.43. The van der Waals surface area contributed by atoms with Crippen molar-refractivity contribution in [2.45, 2.75) is 40.7 Å². The van der Waals surface area contributed by atoms with Crippen LogP contribution in [0.25, 0.3) is 11.3 Å². The average molecular weight is 258 g/mol. The molecule has 1 heterocycles. The summed E-state index contributed by atoms with van der Waals surface area (Å²) in [6.45, 7) is 9.06. The fraction of sp³-hybridized carbons (Fsp3) is 0.438. The first kappa shape index (κ1) is 13.7. The van der Waals surface area contributed by atoms with E-state index in [-0.39, 0.29) is 0 Å². The zero-order valence-corrected chi connectivity index (χ0v) is 12.1. The first-order valence-corrected chi connectivity index (χ1v) is 6.88. The van der Waals surface area contributed by atoms with Gasteiger partial charge in [0.2, 0.25) is 5.88 Å². The van der Waals surface area contributed by atoms with E-state index in [1.165, 1.54) is 5.56 Å². The van der Waals surface area contributed by atoms with Crippen LogP contribution in [-0.4, -0.2) is 14.9 Å². The molecule has 0 fully saturated rings. The molecule has 1 aromatic carbocycles. The molecule has 0 spiro atoms. The van der Waals surface area contributed by atoms with Crippen molar-refractivity contribution in [3.63, 3.8) is 0 Å². The van der Waals surface area contributed by atoms with Gasteiger partial charge in [-0.25, -0.2) is 4.68 Å². The van der Waals surface area contributed by atoms with Gasteiger partial charge < -0.3 is 5.11 Å². The van der Waals surface area contributed by atoms with Gasteiger partial charge in [-0.05, 0) is 32.3 Å². The van der Waals surface area contributed by atoms with E-state index < -0.39 is 0 Å². The Morgan fingerprint density at radius 2 is 2.05 bits per heavy atom. The number of aryl methyl sites for hydroxylation is 2. The predicted octanol–water partition coefficient (Wildman–Crippen LogP) is 3.78. The number of aromatic nitrogens is 2. The van der Waals surface area contributed by atoms with E-state index in [1.807, 2.05) is 13.0 Å². The van der Waals surface area contributed by atoms with Crippen LogP contribution < -0.4 is 0 Å². The lowest BCUT2D eigenvalue weighted by molar-refractivity contribution is 0.397. The minimum atomic E-state index is 0.313. The smallest absolute Gasteiger partial charge is 0.213 e. The topological polar surface area (TPSA) is 38.0 Å². The summed E-state index contributed by atoms with van der Waals surface area (Å²) in [6, 6.07) is 8.28. The fourth-order valence-electron chi connectivity index (χ4n) is 2.33. The summed E-state index contributed by atoms with van der Waals surface area (Å²) in [5, 5.41) is 14.8. The molecule has 3 nitrogen and oxygen atoms in total. The lowest BCUT2D eigenvalue weighted by atomic mass is 9.99. The summed E-state index contributed by atoms with van der Waals surface area (Å²) in [6.07, 6.45) is 0.842. The molecular weight excluding hydrogens is 236 g/mol. The summed E-state index contributed by atoms with van der Waals surface area (Å²) in [5.41, 5.74) is 4.16. The van der Waals surface area contributed by atoms with E-state index in [4.69, 9.17) is 0 Å². The molecule has 0 aliphatic carbocycles. The molecular formula is C16H22N2O. The Morgan fingerprint density at radius 3 is 2.63 bits per heavy atom. The van der Waals surface area contributed by atoms with Crippen molar-refractivity contribution in [3.8, 4) is 17.1 Å². The maximum Gasteiger partial charge on any atom is 0.213 e. The molecule has 1 aromatic heterocycles. The van der Waals surface area contributed by atoms with Crippen molar-refractivity contribution in [3.05, 3.63) is 35.4 Å². The van der Waals surface area contributed by atoms with E-state index in [0.29, 0.717) is 18.3 Å². The third-order valence-corrected chi connectivity index (χ3v) is 3.22. The Bertz CT molecular complexity index is 570. The number of hydrogen-bond acceptors (Lipinski definition) is 2. The normalized spacial score (nSPS) is 11.2. The molecule has 3 heteroatoms. The van der Waals surface area contributed by atoms with Gasteiger partial charge in [-0.3, -0.25) is 0 Å². The third-order valence-electron chi connectivity index (χ3n) is 3.22. The van der Waals surface area contributed by atoms with Gasteiger partial charge in [-0.15, -0.1) is 0 Å². The van der Waals surface area contributed by atoms with Crippen LogP contribution in [0.3, 0.4) is 0 Å². The molecule has 0 saturated heterocycles. The maximum absolute atomic E-state index is 10.3. The standard InChI is InChI=1S/C16H22N2O/c1-5-18-16(19)14(9-11(2)3)15(17-18)13-8-6-7-12(4)10-13/h6-8,10-11,19H,5,9H2,1-4H3. The van der Waals surface area contributed by atoms with Crippen LogP contribution in [-0.2, 0) is 13.0 Å². The molecule has 1 N–H and O–H groups in total. The molecule has 0 amide bonds. The number of benzene rings is 1. The highest BCUT2D eigenvalue weighted by atomic mass is 16.3. The van der Waals surface area contributed by atoms with Crippen molar-refractivity contribution in [2.24, 2.45) is 5.92 Å². The Balaban J connectivity index is 2.55. The fourth-order valence-corrected chi connectivity index (χ4v) is 2.33. The SMILES string of the molecule is CCn1nc(-c2cccc(C)c2)c(CC(C)C)c1O. The Kier molecular flexibility index (Phi) is 3.93. The summed E-state index contributed by atoms with van der Waals surface area (Å²) < 4.78 is 1.68. The van der Waals surface area contributed by atoms with E-state index in [0.717, 1.165) is 23.2 Å². The van der Waals surface area contributed by atoms with Gasteiger partial charge in [-0.1, -0.05) is 37.6 Å². The average Bonchev–Trinajstić information content (AvgIpc) is 2.66. The quantitative estimate of drug-likeness (QED) is 0.906. The van der Waals surface area contributed by atoms with Crippen LogP contribution in [0.2, 0.25) is 0 Å². The zero-order valence-electron chi connectivity index (χ0n) is 12.1. The Hall–Kier alpha value is -1.77. The molecule has 0 radical (unpaired) electrons. The molecule has 0 unspecified atom stereocenters. The van der Waals surface area contributed by atoms with Crippen LogP contribution in [0.4, 0.5) is 0 Å². The van der Waals surface area contributed by atoms with Crippen molar-refractivity contribution in [1.29, 1.82) is 0 Å². The van der Waals surface area contributed by atoms with Gasteiger partial charge >= 0.3 is 0 Å². The van der Waals surface area contributed by atoms with Gasteiger partial charge in [0.25, 0.3) is 0 Å². The molecule has 0 atom stereocenters. The van der Waals surface area contributed by atoms with Crippen LogP contribution in [0.1, 0.15) is 31.9 Å². The van der Waals surface area contributed by atoms with Gasteiger partial charge in [0.15, 0.2) is 0 Å². The minimum Gasteiger partial charge on any atom is -0.493 e. The molecule has 19 heavy (non-hydrogen) atoms. The highest BCUT2D eigenvalue weighted by Crippen LogP contribution is 2.32.